The molecular formula is C11H15BrN2. The molecule has 0 bridgehead atoms. The second-order valence-electron chi connectivity index (χ2n) is 3.49. The van der Waals surface area contributed by atoms with Gasteiger partial charge in [0.05, 0.1) is 0 Å². The summed E-state index contributed by atoms with van der Waals surface area (Å²) < 4.78 is 1.00. The van der Waals surface area contributed by atoms with Gasteiger partial charge in [-0.25, -0.2) is 0 Å². The Labute approximate surface area is 93.4 Å². The molecule has 0 saturated carbocycles. The van der Waals surface area contributed by atoms with Crippen LogP contribution in [-0.2, 0) is 0 Å². The summed E-state index contributed by atoms with van der Waals surface area (Å²) in [5.41, 5.74) is 8.04. The summed E-state index contributed by atoms with van der Waals surface area (Å²) >= 11 is 3.40. The highest BCUT2D eigenvalue weighted by atomic mass is 79.9. The molecule has 0 aliphatic rings. The number of pyridine rings is 1. The van der Waals surface area contributed by atoms with Gasteiger partial charge in [0.25, 0.3) is 0 Å². The van der Waals surface area contributed by atoms with E-state index in [4.69, 9.17) is 5.73 Å². The highest BCUT2D eigenvalue weighted by molar-refractivity contribution is 9.10. The van der Waals surface area contributed by atoms with E-state index in [1.54, 1.807) is 6.20 Å². The van der Waals surface area contributed by atoms with Crippen LogP contribution in [0.4, 0.5) is 0 Å². The minimum atomic E-state index is 0.213. The van der Waals surface area contributed by atoms with Crippen molar-refractivity contribution < 1.29 is 0 Å². The summed E-state index contributed by atoms with van der Waals surface area (Å²) in [4.78, 5) is 4.11. The lowest BCUT2D eigenvalue weighted by atomic mass is 10.1. The molecule has 1 atom stereocenters. The van der Waals surface area contributed by atoms with Crippen LogP contribution in [0.5, 0.6) is 0 Å². The van der Waals surface area contributed by atoms with Crippen molar-refractivity contribution in [2.45, 2.75) is 26.3 Å². The molecule has 1 unspecified atom stereocenters. The zero-order valence-electron chi connectivity index (χ0n) is 8.50. The number of aromatic nitrogens is 1. The van der Waals surface area contributed by atoms with Gasteiger partial charge in [0, 0.05) is 22.9 Å². The second-order valence-corrected chi connectivity index (χ2v) is 4.41. The molecule has 1 heterocycles. The zero-order chi connectivity index (χ0) is 10.6. The molecular weight excluding hydrogens is 240 g/mol. The largest absolute Gasteiger partial charge is 0.328 e. The van der Waals surface area contributed by atoms with Crippen molar-refractivity contribution in [3.63, 3.8) is 0 Å². The molecule has 1 aromatic heterocycles. The zero-order valence-corrected chi connectivity index (χ0v) is 10.1. The Morgan fingerprint density at radius 2 is 2.36 bits per heavy atom. The van der Waals surface area contributed by atoms with Crippen molar-refractivity contribution >= 4 is 21.5 Å². The molecule has 0 radical (unpaired) electrons. The Kier molecular flexibility index (Phi) is 4.29. The van der Waals surface area contributed by atoms with E-state index in [1.807, 2.05) is 13.1 Å². The first-order valence-electron chi connectivity index (χ1n) is 4.63. The van der Waals surface area contributed by atoms with Gasteiger partial charge in [-0.1, -0.05) is 6.08 Å². The van der Waals surface area contributed by atoms with E-state index in [9.17, 15) is 0 Å². The van der Waals surface area contributed by atoms with E-state index in [-0.39, 0.29) is 6.04 Å². The van der Waals surface area contributed by atoms with Crippen LogP contribution in [-0.4, -0.2) is 11.0 Å². The average Bonchev–Trinajstić information content (AvgIpc) is 2.14. The predicted octanol–water partition coefficient (Wildman–Crippen LogP) is 2.98. The molecule has 3 heteroatoms. The molecule has 14 heavy (non-hydrogen) atoms. The number of nitrogens with zero attached hydrogens (tertiary/aromatic N) is 1. The van der Waals surface area contributed by atoms with Gasteiger partial charge in [0.2, 0.25) is 0 Å². The SMILES string of the molecule is CC(=CCC(C)N)c1cncc(Br)c1. The fourth-order valence-electron chi connectivity index (χ4n) is 1.11. The lowest BCUT2D eigenvalue weighted by Crippen LogP contribution is -2.12. The van der Waals surface area contributed by atoms with E-state index >= 15 is 0 Å². The summed E-state index contributed by atoms with van der Waals surface area (Å²) in [6.07, 6.45) is 6.69. The highest BCUT2D eigenvalue weighted by Crippen LogP contribution is 2.17. The van der Waals surface area contributed by atoms with E-state index < -0.39 is 0 Å². The predicted molar refractivity (Wildman–Crippen MR) is 63.9 cm³/mol. The van der Waals surface area contributed by atoms with Gasteiger partial charge in [-0.05, 0) is 53.4 Å². The molecule has 0 aliphatic heterocycles. The van der Waals surface area contributed by atoms with Gasteiger partial charge in [0.15, 0.2) is 0 Å². The smallest absolute Gasteiger partial charge is 0.0410 e. The van der Waals surface area contributed by atoms with Crippen molar-refractivity contribution in [3.8, 4) is 0 Å². The summed E-state index contributed by atoms with van der Waals surface area (Å²) in [6, 6.07) is 2.27. The van der Waals surface area contributed by atoms with E-state index in [0.717, 1.165) is 16.5 Å². The van der Waals surface area contributed by atoms with Crippen LogP contribution in [0.25, 0.3) is 5.57 Å². The van der Waals surface area contributed by atoms with Crippen molar-refractivity contribution in [1.29, 1.82) is 0 Å². The molecule has 0 saturated heterocycles. The number of hydrogen-bond acceptors (Lipinski definition) is 2. The first-order chi connectivity index (χ1) is 6.59. The molecule has 1 rings (SSSR count). The van der Waals surface area contributed by atoms with Crippen LogP contribution in [0, 0.1) is 0 Å². The fraction of sp³-hybridized carbons (Fsp3) is 0.364. The summed E-state index contributed by atoms with van der Waals surface area (Å²) in [7, 11) is 0. The maximum absolute atomic E-state index is 5.68. The van der Waals surface area contributed by atoms with Crippen LogP contribution in [0.1, 0.15) is 25.8 Å². The Bertz CT molecular complexity index is 332. The number of halogens is 1. The molecule has 0 fully saturated rings. The van der Waals surface area contributed by atoms with E-state index in [0.29, 0.717) is 0 Å². The normalized spacial score (nSPS) is 14.1. The molecule has 0 aliphatic carbocycles. The van der Waals surface area contributed by atoms with Gasteiger partial charge >= 0.3 is 0 Å². The van der Waals surface area contributed by atoms with Crippen LogP contribution >= 0.6 is 15.9 Å². The average molecular weight is 255 g/mol. The summed E-state index contributed by atoms with van der Waals surface area (Å²) in [6.45, 7) is 4.08. The Hall–Kier alpha value is -0.670. The van der Waals surface area contributed by atoms with Gasteiger partial charge in [0.1, 0.15) is 0 Å². The van der Waals surface area contributed by atoms with Crippen LogP contribution < -0.4 is 5.73 Å². The van der Waals surface area contributed by atoms with Gasteiger partial charge in [-0.15, -0.1) is 0 Å². The first kappa shape index (κ1) is 11.4. The third-order valence-corrected chi connectivity index (χ3v) is 2.39. The molecule has 2 N–H and O–H groups in total. The van der Waals surface area contributed by atoms with Crippen LogP contribution in [0.15, 0.2) is 29.0 Å². The molecule has 0 aromatic carbocycles. The molecule has 76 valence electrons. The molecule has 0 amide bonds. The fourth-order valence-corrected chi connectivity index (χ4v) is 1.47. The minimum absolute atomic E-state index is 0.213. The third kappa shape index (κ3) is 3.60. The highest BCUT2D eigenvalue weighted by Gasteiger charge is 1.97. The number of nitrogens with two attached hydrogens (primary N) is 1. The third-order valence-electron chi connectivity index (χ3n) is 1.96. The summed E-state index contributed by atoms with van der Waals surface area (Å²) in [5.74, 6) is 0. The topological polar surface area (TPSA) is 38.9 Å². The minimum Gasteiger partial charge on any atom is -0.328 e. The molecule has 2 nitrogen and oxygen atoms in total. The van der Waals surface area contributed by atoms with Gasteiger partial charge in [-0.3, -0.25) is 4.98 Å². The number of rotatable bonds is 3. The Balaban J connectivity index is 2.78. The molecule has 0 spiro atoms. The first-order valence-corrected chi connectivity index (χ1v) is 5.42. The van der Waals surface area contributed by atoms with Gasteiger partial charge in [-0.2, -0.15) is 0 Å². The van der Waals surface area contributed by atoms with Crippen molar-refractivity contribution in [1.82, 2.24) is 4.98 Å². The lowest BCUT2D eigenvalue weighted by Gasteiger charge is -2.03. The number of hydrogen-bond donors (Lipinski definition) is 1. The standard InChI is InChI=1S/C11H15BrN2/c1-8(3-4-9(2)13)10-5-11(12)7-14-6-10/h3,5-7,9H,4,13H2,1-2H3. The van der Waals surface area contributed by atoms with E-state index in [1.165, 1.54) is 5.57 Å². The maximum atomic E-state index is 5.68. The number of allylic oxidation sites excluding steroid dienone is 1. The van der Waals surface area contributed by atoms with Crippen LogP contribution in [0.3, 0.4) is 0 Å². The lowest BCUT2D eigenvalue weighted by molar-refractivity contribution is 0.757. The van der Waals surface area contributed by atoms with E-state index in [2.05, 4.69) is 40.0 Å². The Morgan fingerprint density at radius 3 is 2.93 bits per heavy atom. The van der Waals surface area contributed by atoms with Crippen molar-refractivity contribution in [2.24, 2.45) is 5.73 Å². The van der Waals surface area contributed by atoms with Gasteiger partial charge < -0.3 is 5.73 Å². The quantitative estimate of drug-likeness (QED) is 0.901. The Morgan fingerprint density at radius 1 is 1.64 bits per heavy atom. The van der Waals surface area contributed by atoms with Crippen molar-refractivity contribution in [2.75, 3.05) is 0 Å². The molecule has 1 aromatic rings. The monoisotopic (exact) mass is 254 g/mol. The maximum Gasteiger partial charge on any atom is 0.0410 e. The summed E-state index contributed by atoms with van der Waals surface area (Å²) in [5, 5.41) is 0. The van der Waals surface area contributed by atoms with Crippen LogP contribution in [0.2, 0.25) is 0 Å². The van der Waals surface area contributed by atoms with Crippen molar-refractivity contribution in [3.05, 3.63) is 34.6 Å². The second kappa shape index (κ2) is 5.27.